The summed E-state index contributed by atoms with van der Waals surface area (Å²) in [7, 11) is -16.4. The van der Waals surface area contributed by atoms with Crippen LogP contribution in [0.3, 0.4) is 0 Å². The zero-order valence-corrected chi connectivity index (χ0v) is 32.5. The van der Waals surface area contributed by atoms with E-state index in [0.29, 0.717) is 0 Å². The molecule has 3 aliphatic rings. The van der Waals surface area contributed by atoms with Crippen molar-refractivity contribution in [2.75, 3.05) is 18.9 Å². The number of phosphoric acid groups is 3. The fourth-order valence-corrected chi connectivity index (χ4v) is 8.24. The molecule has 29 heteroatoms. The van der Waals surface area contributed by atoms with Crippen molar-refractivity contribution in [2.45, 2.75) is 49.1 Å². The van der Waals surface area contributed by atoms with Crippen LogP contribution in [0.4, 0.5) is 5.82 Å². The van der Waals surface area contributed by atoms with Gasteiger partial charge in [-0.05, 0) is 6.07 Å². The number of phosphoric ester groups is 3. The van der Waals surface area contributed by atoms with E-state index in [4.69, 9.17) is 30.0 Å². The summed E-state index contributed by atoms with van der Waals surface area (Å²) in [5, 5.41) is 20.7. The minimum Gasteiger partial charge on any atom is -0.756 e. The van der Waals surface area contributed by atoms with Crippen molar-refractivity contribution in [3.8, 4) is 0 Å². The molecule has 6 heterocycles. The molecule has 6 rings (SSSR count). The quantitative estimate of drug-likeness (QED) is 0.0796. The second kappa shape index (κ2) is 16.7. The van der Waals surface area contributed by atoms with Gasteiger partial charge >= 0.3 is 59.1 Å². The van der Waals surface area contributed by atoms with Gasteiger partial charge in [0.25, 0.3) is 35.6 Å². The van der Waals surface area contributed by atoms with Gasteiger partial charge in [-0.25, -0.2) is 19.3 Å². The molecule has 24 nitrogen and oxygen atoms in total. The van der Waals surface area contributed by atoms with Gasteiger partial charge in [-0.3, -0.25) is 23.1 Å². The minimum absolute atomic E-state index is 0. The van der Waals surface area contributed by atoms with E-state index in [9.17, 15) is 43.4 Å². The van der Waals surface area contributed by atoms with Crippen molar-refractivity contribution >= 4 is 46.4 Å². The number of aliphatic hydroxyl groups excluding tert-OH is 2. The van der Waals surface area contributed by atoms with Crippen LogP contribution in [-0.4, -0.2) is 91.0 Å². The Labute approximate surface area is 324 Å². The van der Waals surface area contributed by atoms with Crippen molar-refractivity contribution in [1.82, 2.24) is 19.5 Å². The molecule has 3 fully saturated rings. The van der Waals surface area contributed by atoms with Crippen LogP contribution in [0.1, 0.15) is 22.8 Å². The average Bonchev–Trinajstić information content (AvgIpc) is 3.72. The molecule has 1 amide bonds. The van der Waals surface area contributed by atoms with Crippen LogP contribution in [0.2, 0.25) is 0 Å². The number of carbonyl (C=O) groups excluding carboxylic acids is 1. The number of nitrogens with zero attached hydrogens (tertiary/aromatic N) is 5. The van der Waals surface area contributed by atoms with E-state index in [1.165, 1.54) is 40.0 Å². The maximum atomic E-state index is 12.5. The standard InChI is InChI=1S/C21H26N7O16P3.2Na.H2O/c22-17-12-19(25-7-24-17)28(8-26-12)21-16-15(42-47(36,37)43-16)11(41-21)6-39-46(34,35)44-45(32,33)38-5-10-13(29)14(30)20(40-10)27-3-1-2-9(4-27)18(23)31;;;/h1-4,7-8,10-11,13-16,20-21,29-30H,5-6H2,(H6-,22,23,24,25,31,32,33,34,35,36,37);;;1H2/q;2*+1;/p-2/t10-,11-,13-,14-,15-,16-,20-,21-;;;/m1.../s1. The molecule has 3 unspecified atom stereocenters. The third kappa shape index (κ3) is 9.25. The number of fused-ring (bicyclic) bond motifs is 2. The molecular weight excluding hydrogens is 761 g/mol. The molecule has 3 aromatic heterocycles. The molecule has 3 saturated heterocycles. The number of ether oxygens (including phenoxy) is 2. The van der Waals surface area contributed by atoms with Crippen molar-refractivity contribution in [3.63, 3.8) is 0 Å². The fraction of sp³-hybridized carbons (Fsp3) is 0.476. The van der Waals surface area contributed by atoms with Gasteiger partial charge in [0, 0.05) is 6.07 Å². The van der Waals surface area contributed by atoms with Crippen LogP contribution >= 0.6 is 23.5 Å². The number of anilines is 1. The van der Waals surface area contributed by atoms with Crippen molar-refractivity contribution < 1.29 is 144 Å². The number of imidazole rings is 1. The van der Waals surface area contributed by atoms with E-state index < -0.39 is 91.7 Å². The molecule has 3 aliphatic heterocycles. The Morgan fingerprint density at radius 2 is 1.68 bits per heavy atom. The predicted molar refractivity (Wildman–Crippen MR) is 144 cm³/mol. The SMILES string of the molecule is NC(=O)c1ccc[n+]([C@@H]2O[C@H](COP(=O)([O-])OP(=O)([O-])OC[C@H]3O[C@@H](n4cnc5c(N)ncnc54)[C@@H]4OP(=O)([O-])O[C@@H]43)[C@@H](O)[C@H]2O)c1.O.[Na+].[Na+]. The minimum atomic E-state index is -5.76. The maximum absolute atomic E-state index is 12.5. The monoisotopic (exact) mass is 787 g/mol. The number of primary amides is 1. The Hall–Kier alpha value is -0.860. The summed E-state index contributed by atoms with van der Waals surface area (Å²) in [6.45, 7) is -2.02. The average molecular weight is 787 g/mol. The van der Waals surface area contributed by atoms with Gasteiger partial charge < -0.3 is 69.4 Å². The summed E-state index contributed by atoms with van der Waals surface area (Å²) < 4.78 is 73.8. The van der Waals surface area contributed by atoms with Gasteiger partial charge in [0.2, 0.25) is 0 Å². The molecule has 264 valence electrons. The Morgan fingerprint density at radius 1 is 1.04 bits per heavy atom. The van der Waals surface area contributed by atoms with E-state index in [2.05, 4.69) is 28.3 Å². The number of rotatable bonds is 11. The van der Waals surface area contributed by atoms with Gasteiger partial charge in [0.05, 0.1) is 19.5 Å². The summed E-state index contributed by atoms with van der Waals surface area (Å²) in [6, 6.07) is 2.79. The van der Waals surface area contributed by atoms with Crippen LogP contribution in [0.25, 0.3) is 11.2 Å². The number of hydrogen-bond donors (Lipinski definition) is 4. The third-order valence-electron chi connectivity index (χ3n) is 7.18. The van der Waals surface area contributed by atoms with Gasteiger partial charge in [0.1, 0.15) is 47.9 Å². The third-order valence-corrected chi connectivity index (χ3v) is 10.7. The first kappa shape index (κ1) is 43.5. The zero-order valence-electron chi connectivity index (χ0n) is 25.8. The van der Waals surface area contributed by atoms with Gasteiger partial charge in [0.15, 0.2) is 36.2 Å². The number of pyridine rings is 1. The molecule has 0 radical (unpaired) electrons. The predicted octanol–water partition coefficient (Wildman–Crippen LogP) is -10.6. The number of aliphatic hydroxyl groups is 2. The number of nitrogens with two attached hydrogens (primary N) is 2. The summed E-state index contributed by atoms with van der Waals surface area (Å²) >= 11 is 0. The van der Waals surface area contributed by atoms with E-state index in [1.807, 2.05) is 0 Å². The van der Waals surface area contributed by atoms with Crippen molar-refractivity contribution in [3.05, 3.63) is 42.7 Å². The normalized spacial score (nSPS) is 32.6. The molecule has 11 atom stereocenters. The zero-order chi connectivity index (χ0) is 33.9. The smallest absolute Gasteiger partial charge is 0.756 e. The van der Waals surface area contributed by atoms with Crippen LogP contribution < -0.4 is 89.8 Å². The maximum Gasteiger partial charge on any atom is 1.00 e. The first-order chi connectivity index (χ1) is 22.0. The molecule has 0 bridgehead atoms. The van der Waals surface area contributed by atoms with Gasteiger partial charge in [-0.2, -0.15) is 4.57 Å². The van der Waals surface area contributed by atoms with Gasteiger partial charge in [-0.1, -0.05) is 0 Å². The van der Waals surface area contributed by atoms with Crippen LogP contribution in [0.15, 0.2) is 37.2 Å². The van der Waals surface area contributed by atoms with Crippen LogP contribution in [0, 0.1) is 0 Å². The largest absolute Gasteiger partial charge is 1.00 e. The number of nitrogen functional groups attached to an aromatic ring is 1. The molecule has 50 heavy (non-hydrogen) atoms. The molecule has 0 saturated carbocycles. The Morgan fingerprint density at radius 3 is 2.34 bits per heavy atom. The number of hydrogen-bond acceptors (Lipinski definition) is 20. The number of aromatic nitrogens is 5. The van der Waals surface area contributed by atoms with E-state index in [-0.39, 0.29) is 87.1 Å². The summed E-state index contributed by atoms with van der Waals surface area (Å²) in [5.74, 6) is -0.782. The Kier molecular flexibility index (Phi) is 14.5. The second-order valence-electron chi connectivity index (χ2n) is 10.3. The van der Waals surface area contributed by atoms with Gasteiger partial charge in [-0.15, -0.1) is 0 Å². The summed E-state index contributed by atoms with van der Waals surface area (Å²) in [6.07, 6.45) is -6.85. The molecule has 3 aromatic rings. The molecule has 0 spiro atoms. The fourth-order valence-electron chi connectivity index (χ4n) is 5.09. The van der Waals surface area contributed by atoms with Crippen molar-refractivity contribution in [1.29, 1.82) is 0 Å². The Balaban J connectivity index is 0.00000225. The summed E-state index contributed by atoms with van der Waals surface area (Å²) in [4.78, 5) is 60.3. The topological polar surface area (TPSA) is 374 Å². The van der Waals surface area contributed by atoms with Crippen LogP contribution in [0.5, 0.6) is 0 Å². The first-order valence-corrected chi connectivity index (χ1v) is 17.6. The first-order valence-electron chi connectivity index (χ1n) is 13.3. The number of carbonyl (C=O) groups is 1. The second-order valence-corrected chi connectivity index (χ2v) is 14.5. The molecule has 0 aromatic carbocycles. The number of amides is 1. The van der Waals surface area contributed by atoms with E-state index in [0.717, 1.165) is 6.33 Å². The molecule has 8 N–H and O–H groups in total. The van der Waals surface area contributed by atoms with Crippen molar-refractivity contribution in [2.24, 2.45) is 5.73 Å². The van der Waals surface area contributed by atoms with E-state index >= 15 is 0 Å². The van der Waals surface area contributed by atoms with Crippen LogP contribution in [-0.2, 0) is 45.6 Å². The summed E-state index contributed by atoms with van der Waals surface area (Å²) in [5.41, 5.74) is 11.3. The van der Waals surface area contributed by atoms with E-state index in [1.54, 1.807) is 0 Å². The molecule has 0 aliphatic carbocycles. The Bertz CT molecular complexity index is 1850. The molecular formula is C21H26N7Na2O17P3.